The number of carbonyl (C=O) groups is 1. The van der Waals surface area contributed by atoms with Gasteiger partial charge in [0.05, 0.1) is 11.9 Å². The van der Waals surface area contributed by atoms with E-state index < -0.39 is 5.97 Å². The van der Waals surface area contributed by atoms with Crippen molar-refractivity contribution < 1.29 is 9.90 Å². The quantitative estimate of drug-likeness (QED) is 0.810. The second kappa shape index (κ2) is 3.56. The highest BCUT2D eigenvalue weighted by Gasteiger charge is 2.39. The number of hydrogen-bond acceptors (Lipinski definition) is 3. The summed E-state index contributed by atoms with van der Waals surface area (Å²) in [6, 6.07) is 0. The highest BCUT2D eigenvalue weighted by atomic mass is 32.2. The molecular weight excluding hydrogens is 212 g/mol. The molecule has 1 aliphatic rings. The Kier molecular flexibility index (Phi) is 2.50. The first kappa shape index (κ1) is 10.5. The minimum absolute atomic E-state index is 0.0940. The molecule has 0 aromatic carbocycles. The van der Waals surface area contributed by atoms with Gasteiger partial charge >= 0.3 is 5.97 Å². The van der Waals surface area contributed by atoms with E-state index in [9.17, 15) is 4.79 Å². The molecule has 0 amide bonds. The van der Waals surface area contributed by atoms with Gasteiger partial charge in [-0.1, -0.05) is 13.8 Å². The smallest absolute Gasteiger partial charge is 0.339 e. The SMILES string of the molecule is CC1(C)SCCC1c1[nH]ncc1C(=O)O. The molecule has 1 aliphatic heterocycles. The molecule has 0 aliphatic carbocycles. The molecule has 0 bridgehead atoms. The van der Waals surface area contributed by atoms with Crippen molar-refractivity contribution in [3.05, 3.63) is 17.5 Å². The first-order valence-corrected chi connectivity index (χ1v) is 5.91. The number of aromatic nitrogens is 2. The summed E-state index contributed by atoms with van der Waals surface area (Å²) < 4.78 is 0.0940. The van der Waals surface area contributed by atoms with E-state index in [1.807, 2.05) is 11.8 Å². The number of H-pyrrole nitrogens is 1. The van der Waals surface area contributed by atoms with Gasteiger partial charge in [0, 0.05) is 10.7 Å². The minimum Gasteiger partial charge on any atom is -0.478 e. The Morgan fingerprint density at radius 1 is 1.73 bits per heavy atom. The zero-order chi connectivity index (χ0) is 11.1. The fourth-order valence-corrected chi connectivity index (χ4v) is 3.43. The third-order valence-corrected chi connectivity index (χ3v) is 4.44. The van der Waals surface area contributed by atoms with E-state index in [-0.39, 0.29) is 10.7 Å². The van der Waals surface area contributed by atoms with Crippen LogP contribution < -0.4 is 0 Å². The maximum Gasteiger partial charge on any atom is 0.339 e. The molecule has 1 aromatic rings. The molecular formula is C10H14N2O2S. The molecule has 82 valence electrons. The fourth-order valence-electron chi connectivity index (χ4n) is 2.11. The van der Waals surface area contributed by atoms with Crippen LogP contribution in [0.25, 0.3) is 0 Å². The Morgan fingerprint density at radius 2 is 2.47 bits per heavy atom. The van der Waals surface area contributed by atoms with Crippen LogP contribution in [-0.4, -0.2) is 31.8 Å². The molecule has 5 heteroatoms. The Labute approximate surface area is 92.5 Å². The molecule has 2 rings (SSSR count). The van der Waals surface area contributed by atoms with Crippen LogP contribution >= 0.6 is 11.8 Å². The third kappa shape index (κ3) is 1.76. The minimum atomic E-state index is -0.897. The van der Waals surface area contributed by atoms with Crippen molar-refractivity contribution >= 4 is 17.7 Å². The first-order chi connectivity index (χ1) is 7.02. The zero-order valence-corrected chi connectivity index (χ0v) is 9.60. The third-order valence-electron chi connectivity index (χ3n) is 2.97. The van der Waals surface area contributed by atoms with E-state index >= 15 is 0 Å². The van der Waals surface area contributed by atoms with E-state index in [0.717, 1.165) is 17.9 Å². The van der Waals surface area contributed by atoms with Gasteiger partial charge in [0.15, 0.2) is 0 Å². The van der Waals surface area contributed by atoms with Crippen LogP contribution in [0.5, 0.6) is 0 Å². The number of aromatic amines is 1. The monoisotopic (exact) mass is 226 g/mol. The van der Waals surface area contributed by atoms with Gasteiger partial charge in [0.2, 0.25) is 0 Å². The average Bonchev–Trinajstić information content (AvgIpc) is 2.69. The van der Waals surface area contributed by atoms with Crippen molar-refractivity contribution in [3.63, 3.8) is 0 Å². The van der Waals surface area contributed by atoms with Gasteiger partial charge in [-0.05, 0) is 12.2 Å². The molecule has 1 fully saturated rings. The van der Waals surface area contributed by atoms with Gasteiger partial charge in [0.1, 0.15) is 5.56 Å². The summed E-state index contributed by atoms with van der Waals surface area (Å²) in [6.45, 7) is 4.31. The van der Waals surface area contributed by atoms with Crippen molar-refractivity contribution in [2.45, 2.75) is 30.9 Å². The molecule has 1 aromatic heterocycles. The molecule has 2 N–H and O–H groups in total. The summed E-state index contributed by atoms with van der Waals surface area (Å²) in [5.41, 5.74) is 1.09. The Morgan fingerprint density at radius 3 is 3.00 bits per heavy atom. The van der Waals surface area contributed by atoms with Crippen LogP contribution in [0.15, 0.2) is 6.20 Å². The molecule has 1 atom stereocenters. The standard InChI is InChI=1S/C10H14N2O2S/c1-10(2)7(3-4-15-10)8-6(9(13)14)5-11-12-8/h5,7H,3-4H2,1-2H3,(H,11,12)(H,13,14). The van der Waals surface area contributed by atoms with E-state index in [1.165, 1.54) is 6.20 Å². The topological polar surface area (TPSA) is 66.0 Å². The molecule has 4 nitrogen and oxygen atoms in total. The number of nitrogens with one attached hydrogen (secondary N) is 1. The molecule has 0 spiro atoms. The van der Waals surface area contributed by atoms with Crippen molar-refractivity contribution in [2.75, 3.05) is 5.75 Å². The molecule has 15 heavy (non-hydrogen) atoms. The molecule has 1 saturated heterocycles. The van der Waals surface area contributed by atoms with Crippen LogP contribution in [0.3, 0.4) is 0 Å². The number of hydrogen-bond donors (Lipinski definition) is 2. The van der Waals surface area contributed by atoms with Gasteiger partial charge in [-0.3, -0.25) is 5.10 Å². The summed E-state index contributed by atoms with van der Waals surface area (Å²) in [6.07, 6.45) is 2.41. The lowest BCUT2D eigenvalue weighted by molar-refractivity contribution is 0.0695. The highest BCUT2D eigenvalue weighted by Crippen LogP contribution is 2.48. The number of carboxylic acids is 1. The van der Waals surface area contributed by atoms with Crippen molar-refractivity contribution in [2.24, 2.45) is 0 Å². The van der Waals surface area contributed by atoms with E-state index in [4.69, 9.17) is 5.11 Å². The predicted molar refractivity (Wildman–Crippen MR) is 59.4 cm³/mol. The van der Waals surface area contributed by atoms with Gasteiger partial charge in [-0.25, -0.2) is 4.79 Å². The number of aromatic carboxylic acids is 1. The Bertz CT molecular complexity index is 387. The lowest BCUT2D eigenvalue weighted by atomic mass is 9.88. The Balaban J connectivity index is 2.37. The zero-order valence-electron chi connectivity index (χ0n) is 8.78. The summed E-state index contributed by atoms with van der Waals surface area (Å²) in [5.74, 6) is 0.443. The highest BCUT2D eigenvalue weighted by molar-refractivity contribution is 8.00. The molecule has 0 radical (unpaired) electrons. The summed E-state index contributed by atoms with van der Waals surface area (Å²) in [4.78, 5) is 11.0. The summed E-state index contributed by atoms with van der Waals surface area (Å²) in [7, 11) is 0. The first-order valence-electron chi connectivity index (χ1n) is 4.93. The normalized spacial score (nSPS) is 24.3. The molecule has 1 unspecified atom stereocenters. The maximum absolute atomic E-state index is 11.0. The van der Waals surface area contributed by atoms with Gasteiger partial charge in [-0.2, -0.15) is 16.9 Å². The number of thioether (sulfide) groups is 1. The number of nitrogens with zero attached hydrogens (tertiary/aromatic N) is 1. The van der Waals surface area contributed by atoms with E-state index in [0.29, 0.717) is 5.56 Å². The average molecular weight is 226 g/mol. The molecule has 0 saturated carbocycles. The predicted octanol–water partition coefficient (Wildman–Crippen LogP) is 2.11. The van der Waals surface area contributed by atoms with Crippen LogP contribution in [0.4, 0.5) is 0 Å². The number of carboxylic acid groups (broad SMARTS) is 1. The van der Waals surface area contributed by atoms with Gasteiger partial charge in [-0.15, -0.1) is 0 Å². The summed E-state index contributed by atoms with van der Waals surface area (Å²) >= 11 is 1.89. The lowest BCUT2D eigenvalue weighted by Crippen LogP contribution is -2.22. The van der Waals surface area contributed by atoms with Crippen molar-refractivity contribution in [1.82, 2.24) is 10.2 Å². The maximum atomic E-state index is 11.0. The van der Waals surface area contributed by atoms with Crippen molar-refractivity contribution in [3.8, 4) is 0 Å². The van der Waals surface area contributed by atoms with E-state index in [2.05, 4.69) is 24.0 Å². The fraction of sp³-hybridized carbons (Fsp3) is 0.600. The van der Waals surface area contributed by atoms with Gasteiger partial charge < -0.3 is 5.11 Å². The molecule has 2 heterocycles. The Hall–Kier alpha value is -0.970. The van der Waals surface area contributed by atoms with Crippen LogP contribution in [0.2, 0.25) is 0 Å². The van der Waals surface area contributed by atoms with Gasteiger partial charge in [0.25, 0.3) is 0 Å². The number of rotatable bonds is 2. The van der Waals surface area contributed by atoms with Crippen LogP contribution in [-0.2, 0) is 0 Å². The van der Waals surface area contributed by atoms with Crippen molar-refractivity contribution in [1.29, 1.82) is 0 Å². The van der Waals surface area contributed by atoms with Crippen LogP contribution in [0.1, 0.15) is 42.2 Å². The van der Waals surface area contributed by atoms with E-state index in [1.54, 1.807) is 0 Å². The van der Waals surface area contributed by atoms with Crippen LogP contribution in [0, 0.1) is 0 Å². The largest absolute Gasteiger partial charge is 0.478 e. The second-order valence-corrected chi connectivity index (χ2v) is 6.04. The summed E-state index contributed by atoms with van der Waals surface area (Å²) in [5, 5.41) is 15.7. The lowest BCUT2D eigenvalue weighted by Gasteiger charge is -2.25. The second-order valence-electron chi connectivity index (χ2n) is 4.30.